The maximum absolute atomic E-state index is 12.5. The third-order valence-corrected chi connectivity index (χ3v) is 5.73. The van der Waals surface area contributed by atoms with Crippen molar-refractivity contribution in [2.24, 2.45) is 0 Å². The topological polar surface area (TPSA) is 96.0 Å². The number of carbonyl (C=O) groups is 2. The van der Waals surface area contributed by atoms with Gasteiger partial charge < -0.3 is 24.3 Å². The average molecular weight is 471 g/mol. The van der Waals surface area contributed by atoms with Gasteiger partial charge in [-0.3, -0.25) is 4.79 Å². The Morgan fingerprint density at radius 2 is 1.70 bits per heavy atom. The Bertz CT molecular complexity index is 1130. The quantitative estimate of drug-likeness (QED) is 0.465. The number of carbonyl (C=O) groups excluding carboxylic acids is 2. The summed E-state index contributed by atoms with van der Waals surface area (Å²) >= 11 is 1.34. The van der Waals surface area contributed by atoms with Gasteiger partial charge >= 0.3 is 5.97 Å². The Morgan fingerprint density at radius 3 is 2.33 bits per heavy atom. The van der Waals surface area contributed by atoms with E-state index >= 15 is 0 Å². The van der Waals surface area contributed by atoms with Crippen molar-refractivity contribution in [2.75, 3.05) is 26.6 Å². The minimum Gasteiger partial charge on any atom is -0.493 e. The highest BCUT2D eigenvalue weighted by atomic mass is 32.1. The van der Waals surface area contributed by atoms with Crippen molar-refractivity contribution in [1.82, 2.24) is 4.98 Å². The molecular formula is C24H26N2O6S. The highest BCUT2D eigenvalue weighted by Gasteiger charge is 2.18. The molecule has 0 unspecified atom stereocenters. The van der Waals surface area contributed by atoms with Crippen LogP contribution < -0.4 is 19.5 Å². The smallest absolute Gasteiger partial charge is 0.338 e. The van der Waals surface area contributed by atoms with E-state index in [4.69, 9.17) is 18.9 Å². The Labute approximate surface area is 196 Å². The summed E-state index contributed by atoms with van der Waals surface area (Å²) in [6.07, 6.45) is 0.138. The van der Waals surface area contributed by atoms with E-state index < -0.39 is 5.97 Å². The zero-order chi connectivity index (χ0) is 24.0. The van der Waals surface area contributed by atoms with E-state index in [-0.39, 0.29) is 24.5 Å². The average Bonchev–Trinajstić information content (AvgIpc) is 3.25. The molecule has 0 spiro atoms. The summed E-state index contributed by atoms with van der Waals surface area (Å²) in [5.41, 5.74) is 3.67. The summed E-state index contributed by atoms with van der Waals surface area (Å²) in [6, 6.07) is 8.94. The number of aromatic nitrogens is 1. The predicted molar refractivity (Wildman–Crippen MR) is 126 cm³/mol. The van der Waals surface area contributed by atoms with Crippen molar-refractivity contribution >= 4 is 28.9 Å². The van der Waals surface area contributed by atoms with Crippen molar-refractivity contribution in [1.29, 1.82) is 0 Å². The molecule has 0 fully saturated rings. The number of hydrogen-bond donors (Lipinski definition) is 1. The first-order chi connectivity index (χ1) is 15.8. The molecule has 3 rings (SSSR count). The standard InChI is InChI=1S/C24H26N2O6S/c1-14-6-7-15(2)18(8-14)26-21(27)11-22-25-17(13-33-22)12-32-24(28)16-9-19(29-3)23(31-5)20(10-16)30-4/h6-10,13H,11-12H2,1-5H3,(H,26,27). The van der Waals surface area contributed by atoms with Crippen LogP contribution >= 0.6 is 11.3 Å². The lowest BCUT2D eigenvalue weighted by Crippen LogP contribution is -2.15. The highest BCUT2D eigenvalue weighted by Crippen LogP contribution is 2.38. The van der Waals surface area contributed by atoms with Gasteiger partial charge in [0.15, 0.2) is 11.5 Å². The van der Waals surface area contributed by atoms with Gasteiger partial charge in [-0.25, -0.2) is 9.78 Å². The molecule has 0 aliphatic heterocycles. The normalized spacial score (nSPS) is 10.5. The number of ether oxygens (including phenoxy) is 4. The molecule has 2 aromatic carbocycles. The Morgan fingerprint density at radius 1 is 1.00 bits per heavy atom. The van der Waals surface area contributed by atoms with E-state index in [0.717, 1.165) is 16.8 Å². The molecule has 1 heterocycles. The maximum atomic E-state index is 12.5. The number of hydrogen-bond acceptors (Lipinski definition) is 8. The number of thiazole rings is 1. The lowest BCUT2D eigenvalue weighted by Gasteiger charge is -2.13. The Balaban J connectivity index is 1.60. The number of rotatable bonds is 9. The molecule has 9 heteroatoms. The first-order valence-corrected chi connectivity index (χ1v) is 11.0. The summed E-state index contributed by atoms with van der Waals surface area (Å²) in [7, 11) is 4.43. The lowest BCUT2D eigenvalue weighted by atomic mass is 10.1. The summed E-state index contributed by atoms with van der Waals surface area (Å²) in [6.45, 7) is 3.89. The predicted octanol–water partition coefficient (Wildman–Crippen LogP) is 4.32. The van der Waals surface area contributed by atoms with Crippen LogP contribution in [0.15, 0.2) is 35.7 Å². The largest absolute Gasteiger partial charge is 0.493 e. The number of nitrogens with zero attached hydrogens (tertiary/aromatic N) is 1. The molecule has 33 heavy (non-hydrogen) atoms. The van der Waals surface area contributed by atoms with Gasteiger partial charge in [0.05, 0.1) is 39.0 Å². The second-order valence-electron chi connectivity index (χ2n) is 7.27. The molecule has 174 valence electrons. The van der Waals surface area contributed by atoms with E-state index in [9.17, 15) is 9.59 Å². The van der Waals surface area contributed by atoms with Gasteiger partial charge in [-0.2, -0.15) is 0 Å². The zero-order valence-electron chi connectivity index (χ0n) is 19.2. The Kier molecular flexibility index (Phi) is 7.89. The molecule has 0 aliphatic carbocycles. The monoisotopic (exact) mass is 470 g/mol. The van der Waals surface area contributed by atoms with Gasteiger partial charge in [0.25, 0.3) is 0 Å². The second kappa shape index (κ2) is 10.8. The first kappa shape index (κ1) is 24.1. The van der Waals surface area contributed by atoms with Crippen LogP contribution in [-0.2, 0) is 22.6 Å². The van der Waals surface area contributed by atoms with E-state index in [1.807, 2.05) is 32.0 Å². The van der Waals surface area contributed by atoms with Crippen LogP contribution in [0, 0.1) is 13.8 Å². The number of methoxy groups -OCH3 is 3. The van der Waals surface area contributed by atoms with Crippen LogP contribution in [-0.4, -0.2) is 38.2 Å². The van der Waals surface area contributed by atoms with Crippen LogP contribution in [0.3, 0.4) is 0 Å². The molecule has 0 radical (unpaired) electrons. The molecule has 0 atom stereocenters. The van der Waals surface area contributed by atoms with Gasteiger partial charge in [0.1, 0.15) is 11.6 Å². The van der Waals surface area contributed by atoms with Crippen LogP contribution in [0.25, 0.3) is 0 Å². The Hall–Kier alpha value is -3.59. The third-order valence-electron chi connectivity index (χ3n) is 4.83. The summed E-state index contributed by atoms with van der Waals surface area (Å²) in [5.74, 6) is 0.388. The number of benzene rings is 2. The summed E-state index contributed by atoms with van der Waals surface area (Å²) in [5, 5.41) is 5.32. The number of amides is 1. The van der Waals surface area contributed by atoms with E-state index in [1.54, 1.807) is 5.38 Å². The van der Waals surface area contributed by atoms with Crippen molar-refractivity contribution in [3.8, 4) is 17.2 Å². The van der Waals surface area contributed by atoms with Crippen molar-refractivity contribution in [3.05, 3.63) is 63.1 Å². The third kappa shape index (κ3) is 6.01. The minimum absolute atomic E-state index is 0.0232. The molecule has 0 bridgehead atoms. The maximum Gasteiger partial charge on any atom is 0.338 e. The van der Waals surface area contributed by atoms with Gasteiger partial charge in [0, 0.05) is 11.1 Å². The molecule has 8 nitrogen and oxygen atoms in total. The molecule has 1 aromatic heterocycles. The van der Waals surface area contributed by atoms with Crippen molar-refractivity contribution in [2.45, 2.75) is 26.9 Å². The summed E-state index contributed by atoms with van der Waals surface area (Å²) in [4.78, 5) is 29.4. The first-order valence-electron chi connectivity index (χ1n) is 10.1. The van der Waals surface area contributed by atoms with Crippen molar-refractivity contribution in [3.63, 3.8) is 0 Å². The zero-order valence-corrected chi connectivity index (χ0v) is 20.0. The molecule has 3 aromatic rings. The molecule has 1 amide bonds. The fraction of sp³-hybridized carbons (Fsp3) is 0.292. The minimum atomic E-state index is -0.559. The molecule has 1 N–H and O–H groups in total. The fourth-order valence-electron chi connectivity index (χ4n) is 3.12. The fourth-order valence-corrected chi connectivity index (χ4v) is 3.90. The van der Waals surface area contributed by atoms with Crippen molar-refractivity contribution < 1.29 is 28.5 Å². The molecular weight excluding hydrogens is 444 g/mol. The van der Waals surface area contributed by atoms with Gasteiger partial charge in [-0.1, -0.05) is 12.1 Å². The van der Waals surface area contributed by atoms with E-state index in [2.05, 4.69) is 10.3 Å². The number of aryl methyl sites for hydroxylation is 2. The van der Waals surface area contributed by atoms with E-state index in [0.29, 0.717) is 28.0 Å². The van der Waals surface area contributed by atoms with E-state index in [1.165, 1.54) is 44.8 Å². The number of anilines is 1. The molecule has 0 aliphatic rings. The van der Waals surface area contributed by atoms with Crippen LogP contribution in [0.1, 0.15) is 32.2 Å². The molecule has 0 saturated carbocycles. The molecule has 0 saturated heterocycles. The van der Waals surface area contributed by atoms with Gasteiger partial charge in [-0.15, -0.1) is 11.3 Å². The highest BCUT2D eigenvalue weighted by molar-refractivity contribution is 7.09. The second-order valence-corrected chi connectivity index (χ2v) is 8.21. The van der Waals surface area contributed by atoms with Gasteiger partial charge in [0.2, 0.25) is 11.7 Å². The summed E-state index contributed by atoms with van der Waals surface area (Å²) < 4.78 is 21.2. The lowest BCUT2D eigenvalue weighted by molar-refractivity contribution is -0.115. The number of esters is 1. The van der Waals surface area contributed by atoms with Gasteiger partial charge in [-0.05, 0) is 43.2 Å². The number of nitrogens with one attached hydrogen (secondary N) is 1. The van der Waals surface area contributed by atoms with Crippen LogP contribution in [0.5, 0.6) is 17.2 Å². The van der Waals surface area contributed by atoms with Crippen LogP contribution in [0.4, 0.5) is 5.69 Å². The van der Waals surface area contributed by atoms with Crippen LogP contribution in [0.2, 0.25) is 0 Å². The SMILES string of the molecule is COc1cc(C(=O)OCc2csc(CC(=O)Nc3cc(C)ccc3C)n2)cc(OC)c1OC.